The third kappa shape index (κ3) is 5.42. The van der Waals surface area contributed by atoms with E-state index < -0.39 is 0 Å². The van der Waals surface area contributed by atoms with Gasteiger partial charge in [-0.2, -0.15) is 5.10 Å². The Balaban J connectivity index is 1.76. The first kappa shape index (κ1) is 21.9. The van der Waals surface area contributed by atoms with Crippen molar-refractivity contribution in [2.75, 3.05) is 26.1 Å². The van der Waals surface area contributed by atoms with Crippen molar-refractivity contribution in [1.82, 2.24) is 4.90 Å². The number of hydrogen-bond acceptors (Lipinski definition) is 6. The molecular formula is C23H28N4O2S. The SMILES string of the molecule is CCC[C@H]1S/C(=N\N=C/c2ccc(N(C)C)cc2)N(Cc2ccc(OC)cc2)C1=O. The van der Waals surface area contributed by atoms with E-state index in [1.54, 1.807) is 18.2 Å². The predicted molar refractivity (Wildman–Crippen MR) is 126 cm³/mol. The van der Waals surface area contributed by atoms with Gasteiger partial charge in [0, 0.05) is 19.8 Å². The fourth-order valence-corrected chi connectivity index (χ4v) is 4.31. The second-order valence-electron chi connectivity index (χ2n) is 7.28. The van der Waals surface area contributed by atoms with Crippen LogP contribution in [0.2, 0.25) is 0 Å². The van der Waals surface area contributed by atoms with E-state index in [9.17, 15) is 4.79 Å². The number of thioether (sulfide) groups is 1. The van der Waals surface area contributed by atoms with Gasteiger partial charge in [-0.1, -0.05) is 49.4 Å². The number of amides is 1. The highest BCUT2D eigenvalue weighted by Gasteiger charge is 2.37. The fraction of sp³-hybridized carbons (Fsp3) is 0.348. The highest BCUT2D eigenvalue weighted by molar-refractivity contribution is 8.15. The molecule has 0 saturated carbocycles. The summed E-state index contributed by atoms with van der Waals surface area (Å²) in [4.78, 5) is 16.7. The van der Waals surface area contributed by atoms with Crippen LogP contribution >= 0.6 is 11.8 Å². The van der Waals surface area contributed by atoms with Gasteiger partial charge < -0.3 is 9.64 Å². The molecule has 0 aliphatic carbocycles. The lowest BCUT2D eigenvalue weighted by atomic mass is 10.2. The zero-order valence-electron chi connectivity index (χ0n) is 17.9. The number of benzene rings is 2. The molecule has 0 spiro atoms. The molecule has 0 unspecified atom stereocenters. The number of rotatable bonds is 8. The van der Waals surface area contributed by atoms with Crippen molar-refractivity contribution < 1.29 is 9.53 Å². The van der Waals surface area contributed by atoms with Crippen molar-refractivity contribution in [3.05, 3.63) is 59.7 Å². The van der Waals surface area contributed by atoms with Crippen LogP contribution in [-0.4, -0.2) is 48.6 Å². The molecule has 0 bridgehead atoms. The fourth-order valence-electron chi connectivity index (χ4n) is 3.09. The number of methoxy groups -OCH3 is 1. The normalized spacial score (nSPS) is 17.9. The van der Waals surface area contributed by atoms with Crippen molar-refractivity contribution in [1.29, 1.82) is 0 Å². The number of carbonyl (C=O) groups is 1. The van der Waals surface area contributed by atoms with E-state index in [1.165, 1.54) is 11.8 Å². The summed E-state index contributed by atoms with van der Waals surface area (Å²) in [5.41, 5.74) is 3.12. The van der Waals surface area contributed by atoms with E-state index in [-0.39, 0.29) is 11.2 Å². The Morgan fingerprint density at radius 2 is 1.83 bits per heavy atom. The first-order valence-corrected chi connectivity index (χ1v) is 10.9. The molecule has 7 heteroatoms. The number of carbonyl (C=O) groups excluding carboxylic acids is 1. The van der Waals surface area contributed by atoms with Crippen molar-refractivity contribution >= 4 is 34.7 Å². The molecule has 0 aromatic heterocycles. The van der Waals surface area contributed by atoms with Crippen molar-refractivity contribution in [3.63, 3.8) is 0 Å². The molecule has 1 saturated heterocycles. The third-order valence-electron chi connectivity index (χ3n) is 4.83. The largest absolute Gasteiger partial charge is 0.497 e. The van der Waals surface area contributed by atoms with Crippen LogP contribution in [0.25, 0.3) is 0 Å². The summed E-state index contributed by atoms with van der Waals surface area (Å²) in [5.74, 6) is 0.894. The van der Waals surface area contributed by atoms with Crippen molar-refractivity contribution in [2.45, 2.75) is 31.6 Å². The average Bonchev–Trinajstić information content (AvgIpc) is 3.04. The summed E-state index contributed by atoms with van der Waals surface area (Å²) in [6, 6.07) is 15.8. The van der Waals surface area contributed by atoms with E-state index in [1.807, 2.05) is 67.5 Å². The number of amidine groups is 1. The van der Waals surface area contributed by atoms with Crippen LogP contribution in [0.1, 0.15) is 30.9 Å². The Morgan fingerprint density at radius 1 is 1.13 bits per heavy atom. The molecule has 1 fully saturated rings. The molecule has 158 valence electrons. The molecule has 1 heterocycles. The van der Waals surface area contributed by atoms with Crippen LogP contribution in [0.3, 0.4) is 0 Å². The van der Waals surface area contributed by atoms with Gasteiger partial charge in [-0.15, -0.1) is 5.10 Å². The first-order chi connectivity index (χ1) is 14.5. The molecule has 2 aromatic carbocycles. The van der Waals surface area contributed by atoms with Gasteiger partial charge in [0.05, 0.1) is 25.1 Å². The van der Waals surface area contributed by atoms with E-state index >= 15 is 0 Å². The summed E-state index contributed by atoms with van der Waals surface area (Å²) >= 11 is 1.50. The average molecular weight is 425 g/mol. The van der Waals surface area contributed by atoms with E-state index in [2.05, 4.69) is 17.1 Å². The minimum atomic E-state index is -0.0958. The van der Waals surface area contributed by atoms with Crippen LogP contribution in [0, 0.1) is 0 Å². The zero-order valence-corrected chi connectivity index (χ0v) is 18.7. The topological polar surface area (TPSA) is 57.5 Å². The molecule has 0 radical (unpaired) electrons. The second kappa shape index (κ2) is 10.3. The Labute approximate surface area is 182 Å². The van der Waals surface area contributed by atoms with E-state index in [4.69, 9.17) is 4.74 Å². The molecule has 30 heavy (non-hydrogen) atoms. The predicted octanol–water partition coefficient (Wildman–Crippen LogP) is 4.40. The van der Waals surface area contributed by atoms with Crippen molar-refractivity contribution in [3.8, 4) is 5.75 Å². The molecule has 1 amide bonds. The Hall–Kier alpha value is -2.80. The smallest absolute Gasteiger partial charge is 0.242 e. The maximum Gasteiger partial charge on any atom is 0.242 e. The van der Waals surface area contributed by atoms with Gasteiger partial charge in [0.2, 0.25) is 5.91 Å². The van der Waals surface area contributed by atoms with Gasteiger partial charge in [0.25, 0.3) is 0 Å². The zero-order chi connectivity index (χ0) is 21.5. The Bertz CT molecular complexity index is 908. The van der Waals surface area contributed by atoms with Crippen LogP contribution in [0.5, 0.6) is 5.75 Å². The number of nitrogens with zero attached hydrogens (tertiary/aromatic N) is 4. The van der Waals surface area contributed by atoms with Crippen LogP contribution in [0.15, 0.2) is 58.7 Å². The third-order valence-corrected chi connectivity index (χ3v) is 6.06. The molecule has 1 aliphatic heterocycles. The maximum absolute atomic E-state index is 12.9. The molecular weight excluding hydrogens is 396 g/mol. The summed E-state index contributed by atoms with van der Waals surface area (Å²) in [5, 5.41) is 9.20. The maximum atomic E-state index is 12.9. The number of ether oxygens (including phenoxy) is 1. The standard InChI is InChI=1S/C23H28N4O2S/c1-5-6-21-22(28)27(16-18-9-13-20(29-4)14-10-18)23(30-21)25-24-15-17-7-11-19(12-8-17)26(2)3/h7-15,21H,5-6,16H2,1-4H3/b24-15-,25-23-/t21-/m1/s1. The molecule has 3 rings (SSSR count). The first-order valence-electron chi connectivity index (χ1n) is 10.0. The minimum absolute atomic E-state index is 0.0958. The lowest BCUT2D eigenvalue weighted by molar-refractivity contribution is -0.126. The van der Waals surface area contributed by atoms with E-state index in [0.29, 0.717) is 11.7 Å². The summed E-state index contributed by atoms with van der Waals surface area (Å²) in [6.45, 7) is 2.56. The summed E-state index contributed by atoms with van der Waals surface area (Å²) in [7, 11) is 5.66. The Kier molecular flexibility index (Phi) is 7.52. The van der Waals surface area contributed by atoms with Gasteiger partial charge in [0.15, 0.2) is 5.17 Å². The lowest BCUT2D eigenvalue weighted by Gasteiger charge is -2.16. The highest BCUT2D eigenvalue weighted by atomic mass is 32.2. The summed E-state index contributed by atoms with van der Waals surface area (Å²) < 4.78 is 5.22. The van der Waals surface area contributed by atoms with E-state index in [0.717, 1.165) is 35.4 Å². The monoisotopic (exact) mass is 424 g/mol. The van der Waals surface area contributed by atoms with Crippen LogP contribution in [0.4, 0.5) is 5.69 Å². The number of anilines is 1. The molecule has 0 N–H and O–H groups in total. The van der Waals surface area contributed by atoms with Crippen LogP contribution in [-0.2, 0) is 11.3 Å². The van der Waals surface area contributed by atoms with Gasteiger partial charge in [0.1, 0.15) is 5.75 Å². The highest BCUT2D eigenvalue weighted by Crippen LogP contribution is 2.32. The molecule has 1 aliphatic rings. The van der Waals surface area contributed by atoms with Gasteiger partial charge in [-0.25, -0.2) is 0 Å². The van der Waals surface area contributed by atoms with Crippen molar-refractivity contribution in [2.24, 2.45) is 10.2 Å². The lowest BCUT2D eigenvalue weighted by Crippen LogP contribution is -2.31. The minimum Gasteiger partial charge on any atom is -0.497 e. The van der Waals surface area contributed by atoms with Gasteiger partial charge in [-0.05, 0) is 41.8 Å². The van der Waals surface area contributed by atoms with Gasteiger partial charge in [-0.3, -0.25) is 9.69 Å². The number of hydrogen-bond donors (Lipinski definition) is 0. The summed E-state index contributed by atoms with van der Waals surface area (Å²) in [6.07, 6.45) is 3.50. The van der Waals surface area contributed by atoms with Gasteiger partial charge >= 0.3 is 0 Å². The molecule has 6 nitrogen and oxygen atoms in total. The molecule has 2 aromatic rings. The molecule has 1 atom stereocenters. The van der Waals surface area contributed by atoms with Crippen LogP contribution < -0.4 is 9.64 Å². The second-order valence-corrected chi connectivity index (χ2v) is 8.45. The Morgan fingerprint density at radius 3 is 2.43 bits per heavy atom. The quantitative estimate of drug-likeness (QED) is 0.466.